The molecule has 0 fully saturated rings. The van der Waals surface area contributed by atoms with Gasteiger partial charge in [0, 0.05) is 17.6 Å². The first-order chi connectivity index (χ1) is 9.43. The minimum absolute atomic E-state index is 0.0914. The lowest BCUT2D eigenvalue weighted by Crippen LogP contribution is -2.22. The number of rotatable bonds is 8. The second kappa shape index (κ2) is 8.73. The van der Waals surface area contributed by atoms with Crippen molar-refractivity contribution in [1.29, 1.82) is 0 Å². The second-order valence-corrected chi connectivity index (χ2v) is 6.10. The number of halogens is 2. The van der Waals surface area contributed by atoms with Crippen LogP contribution in [0.1, 0.15) is 25.3 Å². The van der Waals surface area contributed by atoms with Gasteiger partial charge in [-0.15, -0.1) is 0 Å². The monoisotopic (exact) mass is 318 g/mol. The largest absolute Gasteiger partial charge is 0.492 e. The zero-order chi connectivity index (χ0) is 15.1. The molecule has 0 aromatic heterocycles. The van der Waals surface area contributed by atoms with E-state index in [1.165, 1.54) is 0 Å². The summed E-state index contributed by atoms with van der Waals surface area (Å²) in [5.74, 6) is 0.721. The van der Waals surface area contributed by atoms with Crippen molar-refractivity contribution in [2.24, 2.45) is 5.73 Å². The molecule has 1 unspecified atom stereocenters. The summed E-state index contributed by atoms with van der Waals surface area (Å²) in [5, 5.41) is 1.18. The van der Waals surface area contributed by atoms with Crippen LogP contribution in [0.15, 0.2) is 12.1 Å². The van der Waals surface area contributed by atoms with Gasteiger partial charge in [0.1, 0.15) is 5.75 Å². The predicted octanol–water partition coefficient (Wildman–Crippen LogP) is 3.60. The van der Waals surface area contributed by atoms with Crippen molar-refractivity contribution in [1.82, 2.24) is 4.90 Å². The topological polar surface area (TPSA) is 38.5 Å². The van der Waals surface area contributed by atoms with E-state index in [9.17, 15) is 0 Å². The second-order valence-electron chi connectivity index (χ2n) is 5.25. The van der Waals surface area contributed by atoms with E-state index in [1.807, 2.05) is 20.2 Å². The van der Waals surface area contributed by atoms with Crippen LogP contribution in [0.25, 0.3) is 0 Å². The van der Waals surface area contributed by atoms with Gasteiger partial charge < -0.3 is 15.4 Å². The van der Waals surface area contributed by atoms with Gasteiger partial charge in [0.25, 0.3) is 0 Å². The van der Waals surface area contributed by atoms with Gasteiger partial charge in [-0.3, -0.25) is 0 Å². The first-order valence-electron chi connectivity index (χ1n) is 6.95. The van der Waals surface area contributed by atoms with Crippen molar-refractivity contribution in [2.75, 3.05) is 27.2 Å². The van der Waals surface area contributed by atoms with E-state index in [0.29, 0.717) is 16.7 Å². The maximum Gasteiger partial charge on any atom is 0.141 e. The third kappa shape index (κ3) is 5.88. The third-order valence-electron chi connectivity index (χ3n) is 3.09. The van der Waals surface area contributed by atoms with Crippen LogP contribution in [0.5, 0.6) is 5.75 Å². The fraction of sp³-hybridized carbons (Fsp3) is 0.600. The fourth-order valence-corrected chi connectivity index (χ4v) is 2.50. The summed E-state index contributed by atoms with van der Waals surface area (Å²) in [7, 11) is 4.09. The van der Waals surface area contributed by atoms with Gasteiger partial charge in [-0.05, 0) is 51.1 Å². The molecule has 0 amide bonds. The Hall–Kier alpha value is -0.480. The Morgan fingerprint density at radius 3 is 2.60 bits per heavy atom. The van der Waals surface area contributed by atoms with Gasteiger partial charge >= 0.3 is 0 Å². The summed E-state index contributed by atoms with van der Waals surface area (Å²) in [6.45, 7) is 3.68. The molecule has 0 radical (unpaired) electrons. The number of benzene rings is 1. The molecular formula is C15H24Cl2N2O. The van der Waals surface area contributed by atoms with Crippen molar-refractivity contribution in [3.8, 4) is 5.75 Å². The lowest BCUT2D eigenvalue weighted by Gasteiger charge is -2.17. The molecule has 20 heavy (non-hydrogen) atoms. The van der Waals surface area contributed by atoms with Gasteiger partial charge in [-0.25, -0.2) is 0 Å². The van der Waals surface area contributed by atoms with Crippen LogP contribution >= 0.6 is 23.2 Å². The van der Waals surface area contributed by atoms with Crippen molar-refractivity contribution in [2.45, 2.75) is 32.2 Å². The third-order valence-corrected chi connectivity index (χ3v) is 3.59. The Morgan fingerprint density at radius 1 is 1.30 bits per heavy atom. The SMILES string of the molecule is CCC(N)Cc1cc(Cl)cc(Cl)c1OCCCN(C)C. The Morgan fingerprint density at radius 2 is 2.00 bits per heavy atom. The average Bonchev–Trinajstić information content (AvgIpc) is 2.36. The van der Waals surface area contributed by atoms with Crippen molar-refractivity contribution >= 4 is 23.2 Å². The molecule has 0 bridgehead atoms. The molecule has 0 saturated heterocycles. The van der Waals surface area contributed by atoms with Gasteiger partial charge in [0.2, 0.25) is 0 Å². The molecule has 1 atom stereocenters. The van der Waals surface area contributed by atoms with E-state index < -0.39 is 0 Å². The molecule has 0 spiro atoms. The summed E-state index contributed by atoms with van der Waals surface area (Å²) in [4.78, 5) is 2.13. The lowest BCUT2D eigenvalue weighted by atomic mass is 10.0. The summed E-state index contributed by atoms with van der Waals surface area (Å²) in [6, 6.07) is 3.70. The quantitative estimate of drug-likeness (QED) is 0.744. The Kier molecular flexibility index (Phi) is 7.67. The van der Waals surface area contributed by atoms with Crippen LogP contribution in [0.2, 0.25) is 10.0 Å². The highest BCUT2D eigenvalue weighted by atomic mass is 35.5. The molecule has 2 N–H and O–H groups in total. The minimum atomic E-state index is 0.0914. The standard InChI is InChI=1S/C15H24Cl2N2O/c1-4-13(18)9-11-8-12(16)10-14(17)15(11)20-7-5-6-19(2)3/h8,10,13H,4-7,9,18H2,1-3H3. The van der Waals surface area contributed by atoms with Crippen molar-refractivity contribution in [3.63, 3.8) is 0 Å². The Bertz CT molecular complexity index is 425. The molecule has 1 aromatic rings. The molecule has 0 heterocycles. The predicted molar refractivity (Wildman–Crippen MR) is 87.1 cm³/mol. The number of hydrogen-bond donors (Lipinski definition) is 1. The normalized spacial score (nSPS) is 12.8. The van der Waals surface area contributed by atoms with E-state index >= 15 is 0 Å². The summed E-state index contributed by atoms with van der Waals surface area (Å²) in [5.41, 5.74) is 7.01. The number of nitrogens with zero attached hydrogens (tertiary/aromatic N) is 1. The maximum atomic E-state index is 6.24. The van der Waals surface area contributed by atoms with Crippen LogP contribution in [0, 0.1) is 0 Å². The first kappa shape index (κ1) is 17.6. The number of nitrogens with two attached hydrogens (primary N) is 1. The minimum Gasteiger partial charge on any atom is -0.492 e. The van der Waals surface area contributed by atoms with Gasteiger partial charge in [-0.2, -0.15) is 0 Å². The summed E-state index contributed by atoms with van der Waals surface area (Å²) >= 11 is 12.3. The molecule has 1 aromatic carbocycles. The van der Waals surface area contributed by atoms with E-state index in [-0.39, 0.29) is 6.04 Å². The van der Waals surface area contributed by atoms with Crippen molar-refractivity contribution in [3.05, 3.63) is 27.7 Å². The summed E-state index contributed by atoms with van der Waals surface area (Å²) in [6.07, 6.45) is 2.58. The Balaban J connectivity index is 2.76. The molecule has 0 aliphatic rings. The molecule has 5 heteroatoms. The molecule has 0 saturated carbocycles. The first-order valence-corrected chi connectivity index (χ1v) is 7.70. The molecule has 3 nitrogen and oxygen atoms in total. The smallest absolute Gasteiger partial charge is 0.141 e. The average molecular weight is 319 g/mol. The highest BCUT2D eigenvalue weighted by Crippen LogP contribution is 2.33. The van der Waals surface area contributed by atoms with Crippen LogP contribution in [0.3, 0.4) is 0 Å². The van der Waals surface area contributed by atoms with Crippen LogP contribution < -0.4 is 10.5 Å². The fourth-order valence-electron chi connectivity index (χ4n) is 1.91. The summed E-state index contributed by atoms with van der Waals surface area (Å²) < 4.78 is 5.85. The lowest BCUT2D eigenvalue weighted by molar-refractivity contribution is 0.279. The molecule has 0 aliphatic heterocycles. The number of hydrogen-bond acceptors (Lipinski definition) is 3. The maximum absolute atomic E-state index is 6.24. The van der Waals surface area contributed by atoms with Gasteiger partial charge in [0.15, 0.2) is 0 Å². The van der Waals surface area contributed by atoms with E-state index in [2.05, 4.69) is 11.8 Å². The zero-order valence-electron chi connectivity index (χ0n) is 12.5. The van der Waals surface area contributed by atoms with Crippen LogP contribution in [0.4, 0.5) is 0 Å². The van der Waals surface area contributed by atoms with E-state index in [1.54, 1.807) is 6.07 Å². The van der Waals surface area contributed by atoms with E-state index in [0.717, 1.165) is 37.1 Å². The van der Waals surface area contributed by atoms with Crippen LogP contribution in [-0.4, -0.2) is 38.2 Å². The molecule has 0 aliphatic carbocycles. The highest BCUT2D eigenvalue weighted by molar-refractivity contribution is 6.35. The van der Waals surface area contributed by atoms with Gasteiger partial charge in [0.05, 0.1) is 11.6 Å². The number of ether oxygens (including phenoxy) is 1. The van der Waals surface area contributed by atoms with Gasteiger partial charge in [-0.1, -0.05) is 30.1 Å². The molecule has 1 rings (SSSR count). The van der Waals surface area contributed by atoms with Crippen molar-refractivity contribution < 1.29 is 4.74 Å². The molecular weight excluding hydrogens is 295 g/mol. The highest BCUT2D eigenvalue weighted by Gasteiger charge is 2.13. The Labute approximate surface area is 132 Å². The zero-order valence-corrected chi connectivity index (χ0v) is 14.0. The molecule has 114 valence electrons. The van der Waals surface area contributed by atoms with Crippen LogP contribution in [-0.2, 0) is 6.42 Å². The van der Waals surface area contributed by atoms with E-state index in [4.69, 9.17) is 33.7 Å².